The van der Waals surface area contributed by atoms with Crippen LogP contribution in [0.3, 0.4) is 0 Å². The molecule has 5 rings (SSSR count). The number of nitrogens with one attached hydrogen (secondary N) is 2. The lowest BCUT2D eigenvalue weighted by Crippen LogP contribution is -2.36. The molecular weight excluding hydrogens is 418 g/mol. The highest BCUT2D eigenvalue weighted by atomic mass is 16.5. The number of benzene rings is 3. The van der Waals surface area contributed by atoms with Crippen molar-refractivity contribution in [1.82, 2.24) is 14.9 Å². The third-order valence-corrected chi connectivity index (χ3v) is 5.98. The predicted octanol–water partition coefficient (Wildman–Crippen LogP) is 3.24. The Kier molecular flexibility index (Phi) is 5.30. The number of hydrogen-bond acceptors (Lipinski definition) is 4. The predicted molar refractivity (Wildman–Crippen MR) is 127 cm³/mol. The Balaban J connectivity index is 1.30. The van der Waals surface area contributed by atoms with Crippen LogP contribution in [0, 0.1) is 0 Å². The van der Waals surface area contributed by atoms with Gasteiger partial charge in [-0.15, -0.1) is 0 Å². The number of ether oxygens (including phenoxy) is 1. The first-order chi connectivity index (χ1) is 16.0. The number of carbonyl (C=O) groups excluding carboxylic acids is 1. The number of rotatable bonds is 5. The lowest BCUT2D eigenvalue weighted by atomic mass is 10.0. The van der Waals surface area contributed by atoms with Crippen LogP contribution in [0.5, 0.6) is 5.75 Å². The first kappa shape index (κ1) is 20.8. The van der Waals surface area contributed by atoms with Gasteiger partial charge in [0.15, 0.2) is 0 Å². The van der Waals surface area contributed by atoms with E-state index in [0.717, 1.165) is 35.5 Å². The van der Waals surface area contributed by atoms with Crippen LogP contribution in [0.2, 0.25) is 0 Å². The van der Waals surface area contributed by atoms with E-state index in [9.17, 15) is 14.4 Å². The zero-order chi connectivity index (χ0) is 22.9. The molecular formula is C26H23N3O4. The van der Waals surface area contributed by atoms with Crippen LogP contribution in [-0.2, 0) is 19.5 Å². The lowest BCUT2D eigenvalue weighted by Gasteiger charge is -2.10. The van der Waals surface area contributed by atoms with Crippen LogP contribution in [0.25, 0.3) is 22.2 Å². The molecule has 0 saturated heterocycles. The maximum absolute atomic E-state index is 12.7. The molecule has 1 aromatic heterocycles. The molecule has 7 heteroatoms. The number of H-pyrrole nitrogens is 1. The fourth-order valence-electron chi connectivity index (χ4n) is 4.20. The van der Waals surface area contributed by atoms with Crippen molar-refractivity contribution in [3.8, 4) is 16.9 Å². The Morgan fingerprint density at radius 2 is 1.82 bits per heavy atom. The van der Waals surface area contributed by atoms with E-state index in [1.165, 1.54) is 10.1 Å². The molecule has 3 aromatic carbocycles. The van der Waals surface area contributed by atoms with Crippen molar-refractivity contribution in [3.63, 3.8) is 0 Å². The van der Waals surface area contributed by atoms with Gasteiger partial charge in [-0.1, -0.05) is 30.3 Å². The van der Waals surface area contributed by atoms with Crippen molar-refractivity contribution in [3.05, 3.63) is 98.1 Å². The highest BCUT2D eigenvalue weighted by Gasteiger charge is 2.13. The first-order valence-electron chi connectivity index (χ1n) is 10.9. The molecule has 7 nitrogen and oxygen atoms in total. The Bertz CT molecular complexity index is 1480. The zero-order valence-electron chi connectivity index (χ0n) is 18.2. The van der Waals surface area contributed by atoms with E-state index in [-0.39, 0.29) is 5.91 Å². The second kappa shape index (κ2) is 8.43. The van der Waals surface area contributed by atoms with Crippen LogP contribution in [0.15, 0.2) is 70.3 Å². The molecule has 0 bridgehead atoms. The van der Waals surface area contributed by atoms with Gasteiger partial charge in [0, 0.05) is 25.1 Å². The van der Waals surface area contributed by atoms with E-state index in [2.05, 4.69) is 22.4 Å². The van der Waals surface area contributed by atoms with Gasteiger partial charge in [0.25, 0.3) is 5.91 Å². The second-order valence-corrected chi connectivity index (χ2v) is 8.04. The Hall–Kier alpha value is -4.13. The Morgan fingerprint density at radius 3 is 2.61 bits per heavy atom. The molecule has 166 valence electrons. The molecule has 0 aliphatic carbocycles. The normalized spacial score (nSPS) is 12.4. The van der Waals surface area contributed by atoms with Gasteiger partial charge in [0.1, 0.15) is 5.75 Å². The van der Waals surface area contributed by atoms with Crippen LogP contribution in [-0.4, -0.2) is 22.1 Å². The molecule has 4 aromatic rings. The van der Waals surface area contributed by atoms with Crippen LogP contribution in [0.4, 0.5) is 0 Å². The average Bonchev–Trinajstić information content (AvgIpc) is 3.31. The summed E-state index contributed by atoms with van der Waals surface area (Å²) in [6.07, 6.45) is 0.937. The number of hydrogen-bond donors (Lipinski definition) is 2. The summed E-state index contributed by atoms with van der Waals surface area (Å²) in [6, 6.07) is 19.3. The lowest BCUT2D eigenvalue weighted by molar-refractivity contribution is 0.0951. The zero-order valence-corrected chi connectivity index (χ0v) is 18.2. The van der Waals surface area contributed by atoms with E-state index in [4.69, 9.17) is 4.74 Å². The van der Waals surface area contributed by atoms with Crippen molar-refractivity contribution in [2.45, 2.75) is 26.4 Å². The number of amides is 1. The molecule has 33 heavy (non-hydrogen) atoms. The van der Waals surface area contributed by atoms with Crippen molar-refractivity contribution < 1.29 is 9.53 Å². The summed E-state index contributed by atoms with van der Waals surface area (Å²) in [5.41, 5.74) is 4.63. The third kappa shape index (κ3) is 3.93. The summed E-state index contributed by atoms with van der Waals surface area (Å²) in [5.74, 6) is 0.712. The molecule has 1 aliphatic heterocycles. The number of aromatic amines is 1. The van der Waals surface area contributed by atoms with Gasteiger partial charge in [-0.2, -0.15) is 0 Å². The van der Waals surface area contributed by atoms with Gasteiger partial charge in [0.2, 0.25) is 0 Å². The molecule has 0 saturated carbocycles. The van der Waals surface area contributed by atoms with Gasteiger partial charge >= 0.3 is 11.1 Å². The molecule has 0 spiro atoms. The fourth-order valence-corrected chi connectivity index (χ4v) is 4.20. The molecule has 0 atom stereocenters. The molecule has 1 amide bonds. The minimum absolute atomic E-state index is 0.255. The summed E-state index contributed by atoms with van der Waals surface area (Å²) in [6.45, 7) is 3.29. The molecule has 2 N–H and O–H groups in total. The minimum Gasteiger partial charge on any atom is -0.493 e. The monoisotopic (exact) mass is 441 g/mol. The van der Waals surface area contributed by atoms with Crippen molar-refractivity contribution in [2.75, 3.05) is 6.61 Å². The quantitative estimate of drug-likeness (QED) is 0.465. The van der Waals surface area contributed by atoms with E-state index in [1.54, 1.807) is 25.1 Å². The summed E-state index contributed by atoms with van der Waals surface area (Å²) < 4.78 is 6.97. The summed E-state index contributed by atoms with van der Waals surface area (Å²) in [4.78, 5) is 39.1. The van der Waals surface area contributed by atoms with Gasteiger partial charge < -0.3 is 19.6 Å². The molecule has 1 aliphatic rings. The van der Waals surface area contributed by atoms with Gasteiger partial charge in [0.05, 0.1) is 17.6 Å². The smallest absolute Gasteiger partial charge is 0.316 e. The van der Waals surface area contributed by atoms with Crippen LogP contribution < -0.4 is 21.2 Å². The van der Waals surface area contributed by atoms with Crippen molar-refractivity contribution in [1.29, 1.82) is 0 Å². The molecule has 2 heterocycles. The van der Waals surface area contributed by atoms with E-state index >= 15 is 0 Å². The summed E-state index contributed by atoms with van der Waals surface area (Å²) in [7, 11) is 0. The maximum atomic E-state index is 12.7. The highest BCUT2D eigenvalue weighted by molar-refractivity contribution is 5.97. The molecule has 0 unspecified atom stereocenters. The molecule has 0 fully saturated rings. The average molecular weight is 441 g/mol. The van der Waals surface area contributed by atoms with Crippen molar-refractivity contribution in [2.24, 2.45) is 0 Å². The second-order valence-electron chi connectivity index (χ2n) is 8.04. The minimum atomic E-state index is -0.696. The number of aromatic nitrogens is 2. The van der Waals surface area contributed by atoms with Gasteiger partial charge in [-0.25, -0.2) is 0 Å². The fraction of sp³-hybridized carbons (Fsp3) is 0.192. The van der Waals surface area contributed by atoms with Gasteiger partial charge in [-0.05, 0) is 59.5 Å². The van der Waals surface area contributed by atoms with E-state index in [0.29, 0.717) is 29.7 Å². The largest absolute Gasteiger partial charge is 0.493 e. The first-order valence-corrected chi connectivity index (χ1v) is 10.9. The number of fused-ring (bicyclic) bond motifs is 2. The van der Waals surface area contributed by atoms with Gasteiger partial charge in [-0.3, -0.25) is 14.4 Å². The van der Waals surface area contributed by atoms with Crippen LogP contribution >= 0.6 is 0 Å². The molecule has 0 radical (unpaired) electrons. The standard InChI is InChI=1S/C26H23N3O4/c1-2-29-22-9-7-20(14-21(22)28-25(31)26(29)32)24(30)27-15-16-3-5-17(6-4-16)18-8-10-23-19(13-18)11-12-33-23/h3-10,13-14H,2,11-12,15H2,1H3,(H,27,30)(H,28,31). The topological polar surface area (TPSA) is 93.2 Å². The van der Waals surface area contributed by atoms with Crippen molar-refractivity contribution >= 4 is 16.9 Å². The van der Waals surface area contributed by atoms with Crippen LogP contribution in [0.1, 0.15) is 28.4 Å². The Labute approximate surface area is 189 Å². The SMILES string of the molecule is CCn1c(=O)c(=O)[nH]c2cc(C(=O)NCc3ccc(-c4ccc5c(c4)CCO5)cc3)ccc21. The maximum Gasteiger partial charge on any atom is 0.316 e. The highest BCUT2D eigenvalue weighted by Crippen LogP contribution is 2.30. The third-order valence-electron chi connectivity index (χ3n) is 5.98. The Morgan fingerprint density at radius 1 is 1.03 bits per heavy atom. The summed E-state index contributed by atoms with van der Waals surface area (Å²) in [5, 5.41) is 2.91. The number of nitrogens with zero attached hydrogens (tertiary/aromatic N) is 1. The van der Waals surface area contributed by atoms with E-state index in [1.807, 2.05) is 30.3 Å². The number of aryl methyl sites for hydroxylation is 1. The van der Waals surface area contributed by atoms with E-state index < -0.39 is 11.1 Å². The summed E-state index contributed by atoms with van der Waals surface area (Å²) >= 11 is 0. The number of carbonyl (C=O) groups is 1.